The first-order valence-electron chi connectivity index (χ1n) is 6.05. The van der Waals surface area contributed by atoms with Gasteiger partial charge >= 0.3 is 5.97 Å². The van der Waals surface area contributed by atoms with E-state index < -0.39 is 5.41 Å². The topological polar surface area (TPSA) is 35.5 Å². The Labute approximate surface area is 106 Å². The Morgan fingerprint density at radius 3 is 2.72 bits per heavy atom. The Hall–Kier alpha value is -1.42. The molecule has 0 radical (unpaired) electrons. The largest absolute Gasteiger partial charge is 0.469 e. The molecule has 0 aliphatic carbocycles. The number of methoxy groups -OCH3 is 1. The molecule has 2 rings (SSSR count). The Morgan fingerprint density at radius 1 is 1.56 bits per heavy atom. The maximum absolute atomic E-state index is 13.4. The van der Waals surface area contributed by atoms with Gasteiger partial charge in [0.2, 0.25) is 0 Å². The highest BCUT2D eigenvalue weighted by atomic mass is 19.1. The van der Waals surface area contributed by atoms with Crippen molar-refractivity contribution in [3.05, 3.63) is 35.6 Å². The van der Waals surface area contributed by atoms with E-state index in [0.717, 1.165) is 5.56 Å². The van der Waals surface area contributed by atoms with Crippen LogP contribution in [-0.4, -0.2) is 26.3 Å². The summed E-state index contributed by atoms with van der Waals surface area (Å²) >= 11 is 0. The van der Waals surface area contributed by atoms with Crippen molar-refractivity contribution in [2.24, 2.45) is 5.92 Å². The van der Waals surface area contributed by atoms with Crippen LogP contribution in [0.4, 0.5) is 4.39 Å². The fourth-order valence-electron chi connectivity index (χ4n) is 2.61. The average molecular weight is 252 g/mol. The molecule has 1 aliphatic heterocycles. The van der Waals surface area contributed by atoms with Crippen LogP contribution >= 0.6 is 0 Å². The molecule has 0 aromatic heterocycles. The molecule has 0 amide bonds. The van der Waals surface area contributed by atoms with Crippen LogP contribution in [0.5, 0.6) is 0 Å². The second-order valence-corrected chi connectivity index (χ2v) is 4.64. The maximum Gasteiger partial charge on any atom is 0.309 e. The Balaban J connectivity index is 2.38. The van der Waals surface area contributed by atoms with Crippen molar-refractivity contribution in [3.63, 3.8) is 0 Å². The molecule has 4 heteroatoms. The lowest BCUT2D eigenvalue weighted by molar-refractivity contribution is -0.160. The third kappa shape index (κ3) is 2.01. The van der Waals surface area contributed by atoms with Gasteiger partial charge in [-0.2, -0.15) is 0 Å². The Morgan fingerprint density at radius 2 is 2.28 bits per heavy atom. The van der Waals surface area contributed by atoms with Crippen molar-refractivity contribution in [1.29, 1.82) is 0 Å². The van der Waals surface area contributed by atoms with Gasteiger partial charge < -0.3 is 9.47 Å². The maximum atomic E-state index is 13.4. The predicted molar refractivity (Wildman–Crippen MR) is 64.7 cm³/mol. The molecule has 0 bridgehead atoms. The first kappa shape index (κ1) is 13.0. The van der Waals surface area contributed by atoms with E-state index >= 15 is 0 Å². The van der Waals surface area contributed by atoms with E-state index in [-0.39, 0.29) is 17.7 Å². The van der Waals surface area contributed by atoms with Crippen molar-refractivity contribution in [3.8, 4) is 0 Å². The zero-order valence-electron chi connectivity index (χ0n) is 10.6. The van der Waals surface area contributed by atoms with Gasteiger partial charge in [-0.3, -0.25) is 4.79 Å². The van der Waals surface area contributed by atoms with Crippen LogP contribution < -0.4 is 0 Å². The summed E-state index contributed by atoms with van der Waals surface area (Å²) in [4.78, 5) is 11.9. The molecule has 0 N–H and O–H groups in total. The van der Waals surface area contributed by atoms with Crippen molar-refractivity contribution in [1.82, 2.24) is 0 Å². The number of ether oxygens (including phenoxy) is 2. The van der Waals surface area contributed by atoms with E-state index in [2.05, 4.69) is 0 Å². The number of carbonyl (C=O) groups excluding carboxylic acids is 1. The van der Waals surface area contributed by atoms with Gasteiger partial charge in [0.05, 0.1) is 31.7 Å². The number of rotatable bonds is 4. The molecule has 18 heavy (non-hydrogen) atoms. The van der Waals surface area contributed by atoms with E-state index in [0.29, 0.717) is 19.6 Å². The van der Waals surface area contributed by atoms with Gasteiger partial charge in [0, 0.05) is 0 Å². The third-order valence-electron chi connectivity index (χ3n) is 3.68. The summed E-state index contributed by atoms with van der Waals surface area (Å²) in [7, 11) is 1.38. The molecular weight excluding hydrogens is 235 g/mol. The minimum absolute atomic E-state index is 0.259. The van der Waals surface area contributed by atoms with Gasteiger partial charge in [-0.05, 0) is 24.1 Å². The van der Waals surface area contributed by atoms with E-state index in [1.54, 1.807) is 6.07 Å². The molecule has 1 aromatic rings. The van der Waals surface area contributed by atoms with Crippen LogP contribution in [-0.2, 0) is 19.7 Å². The summed E-state index contributed by atoms with van der Waals surface area (Å²) in [5.41, 5.74) is 0.371. The van der Waals surface area contributed by atoms with Crippen LogP contribution in [0.15, 0.2) is 24.3 Å². The molecule has 1 fully saturated rings. The van der Waals surface area contributed by atoms with E-state index in [9.17, 15) is 9.18 Å². The van der Waals surface area contributed by atoms with Crippen LogP contribution in [0.2, 0.25) is 0 Å². The van der Waals surface area contributed by atoms with Crippen LogP contribution in [0, 0.1) is 11.7 Å². The Bertz CT molecular complexity index is 440. The third-order valence-corrected chi connectivity index (χ3v) is 3.68. The highest BCUT2D eigenvalue weighted by Crippen LogP contribution is 2.41. The molecule has 1 aromatic carbocycles. The van der Waals surface area contributed by atoms with Crippen molar-refractivity contribution in [2.75, 3.05) is 20.3 Å². The normalized spacial score (nSPS) is 18.8. The van der Waals surface area contributed by atoms with Gasteiger partial charge in [0.25, 0.3) is 0 Å². The molecule has 1 heterocycles. The highest BCUT2D eigenvalue weighted by molar-refractivity contribution is 5.75. The molecule has 1 saturated heterocycles. The zero-order valence-corrected chi connectivity index (χ0v) is 10.6. The van der Waals surface area contributed by atoms with Crippen LogP contribution in [0.3, 0.4) is 0 Å². The van der Waals surface area contributed by atoms with Gasteiger partial charge in [-0.15, -0.1) is 0 Å². The second kappa shape index (κ2) is 5.06. The standard InChI is InChI=1S/C14H17FO3/c1-3-12(13(16)17-2)14(8-18-9-14)10-5-4-6-11(15)7-10/h4-7,12H,3,8-9H2,1-2H3. The number of carbonyl (C=O) groups is 1. The minimum atomic E-state index is -0.441. The molecular formula is C14H17FO3. The number of benzene rings is 1. The van der Waals surface area contributed by atoms with Crippen LogP contribution in [0.1, 0.15) is 18.9 Å². The zero-order chi connectivity index (χ0) is 13.2. The number of hydrogen-bond acceptors (Lipinski definition) is 3. The van der Waals surface area contributed by atoms with Gasteiger partial charge in [-0.25, -0.2) is 4.39 Å². The molecule has 0 saturated carbocycles. The van der Waals surface area contributed by atoms with Gasteiger partial charge in [0.15, 0.2) is 0 Å². The molecule has 98 valence electrons. The lowest BCUT2D eigenvalue weighted by atomic mass is 9.67. The van der Waals surface area contributed by atoms with Crippen molar-refractivity contribution in [2.45, 2.75) is 18.8 Å². The Kier molecular flexibility index (Phi) is 3.66. The average Bonchev–Trinajstić information content (AvgIpc) is 2.32. The molecule has 1 atom stereocenters. The summed E-state index contributed by atoms with van der Waals surface area (Å²) in [6.07, 6.45) is 0.645. The number of hydrogen-bond donors (Lipinski definition) is 0. The van der Waals surface area contributed by atoms with Gasteiger partial charge in [-0.1, -0.05) is 19.1 Å². The minimum Gasteiger partial charge on any atom is -0.469 e. The van der Waals surface area contributed by atoms with E-state index in [1.165, 1.54) is 19.2 Å². The first-order chi connectivity index (χ1) is 8.64. The molecule has 3 nitrogen and oxygen atoms in total. The first-order valence-corrected chi connectivity index (χ1v) is 6.05. The highest BCUT2D eigenvalue weighted by Gasteiger charge is 2.50. The summed E-state index contributed by atoms with van der Waals surface area (Å²) in [5.74, 6) is -0.846. The molecule has 1 aliphatic rings. The number of esters is 1. The summed E-state index contributed by atoms with van der Waals surface area (Å²) in [6.45, 7) is 2.80. The van der Waals surface area contributed by atoms with E-state index in [4.69, 9.17) is 9.47 Å². The SMILES string of the molecule is CCC(C(=O)OC)C1(c2cccc(F)c2)COC1. The van der Waals surface area contributed by atoms with Crippen molar-refractivity contribution >= 4 is 5.97 Å². The monoisotopic (exact) mass is 252 g/mol. The lowest BCUT2D eigenvalue weighted by Crippen LogP contribution is -2.55. The quantitative estimate of drug-likeness (QED) is 0.771. The van der Waals surface area contributed by atoms with Crippen molar-refractivity contribution < 1.29 is 18.7 Å². The summed E-state index contributed by atoms with van der Waals surface area (Å²) in [6, 6.07) is 6.38. The van der Waals surface area contributed by atoms with Gasteiger partial charge in [0.1, 0.15) is 5.82 Å². The fourth-order valence-corrected chi connectivity index (χ4v) is 2.61. The predicted octanol–water partition coefficient (Wildman–Crippen LogP) is 2.29. The van der Waals surface area contributed by atoms with Crippen LogP contribution in [0.25, 0.3) is 0 Å². The smallest absolute Gasteiger partial charge is 0.309 e. The lowest BCUT2D eigenvalue weighted by Gasteiger charge is -2.46. The number of halogens is 1. The summed E-state index contributed by atoms with van der Waals surface area (Å²) in [5, 5.41) is 0. The molecule has 0 spiro atoms. The second-order valence-electron chi connectivity index (χ2n) is 4.64. The van der Waals surface area contributed by atoms with E-state index in [1.807, 2.05) is 13.0 Å². The summed E-state index contributed by atoms with van der Waals surface area (Å²) < 4.78 is 23.5. The molecule has 1 unspecified atom stereocenters. The fraction of sp³-hybridized carbons (Fsp3) is 0.500.